The Morgan fingerprint density at radius 2 is 1.53 bits per heavy atom. The van der Waals surface area contributed by atoms with E-state index in [0.29, 0.717) is 5.69 Å². The number of rotatable bonds is 4. The lowest BCUT2D eigenvalue weighted by molar-refractivity contribution is -0.121. The maximum atomic E-state index is 13.6. The summed E-state index contributed by atoms with van der Waals surface area (Å²) < 4.78 is 0. The number of azo groups is 1. The van der Waals surface area contributed by atoms with Crippen LogP contribution >= 0.6 is 58.6 Å². The maximum absolute atomic E-state index is 13.6. The third-order valence-electron chi connectivity index (χ3n) is 5.12. The van der Waals surface area contributed by atoms with Gasteiger partial charge >= 0.3 is 0 Å². The molecular formula is C23H16Cl4N4O2S. The molecule has 0 aliphatic carbocycles. The Balaban J connectivity index is 1.83. The van der Waals surface area contributed by atoms with Gasteiger partial charge in [-0.15, -0.1) is 0 Å². The molecule has 1 saturated heterocycles. The summed E-state index contributed by atoms with van der Waals surface area (Å²) in [4.78, 5) is 16.2. The van der Waals surface area contributed by atoms with Crippen LogP contribution in [0.3, 0.4) is 0 Å². The van der Waals surface area contributed by atoms with Gasteiger partial charge in [0.25, 0.3) is 5.91 Å². The van der Waals surface area contributed by atoms with Crippen molar-refractivity contribution in [3.05, 3.63) is 86.3 Å². The number of carbonyl (C=O) groups is 1. The summed E-state index contributed by atoms with van der Waals surface area (Å²) in [5.41, 5.74) is 2.07. The van der Waals surface area contributed by atoms with Crippen LogP contribution in [0, 0.1) is 6.92 Å². The number of carbonyl (C=O) groups excluding carboxylic acids is 1. The molecule has 4 rings (SSSR count). The molecule has 6 nitrogen and oxygen atoms in total. The van der Waals surface area contributed by atoms with Crippen molar-refractivity contribution in [1.82, 2.24) is 0 Å². The van der Waals surface area contributed by atoms with Gasteiger partial charge in [-0.1, -0.05) is 76.2 Å². The van der Waals surface area contributed by atoms with E-state index in [1.807, 2.05) is 19.1 Å². The van der Waals surface area contributed by atoms with Crippen LogP contribution < -0.4 is 9.80 Å². The van der Waals surface area contributed by atoms with Gasteiger partial charge in [-0.3, -0.25) is 14.6 Å². The summed E-state index contributed by atoms with van der Waals surface area (Å²) in [6, 6.07) is 15.6. The fourth-order valence-electron chi connectivity index (χ4n) is 3.37. The van der Waals surface area contributed by atoms with Gasteiger partial charge in [-0.05, 0) is 55.5 Å². The summed E-state index contributed by atoms with van der Waals surface area (Å²) in [7, 11) is 0. The molecule has 1 aliphatic heterocycles. The van der Waals surface area contributed by atoms with Crippen molar-refractivity contribution < 1.29 is 9.90 Å². The molecule has 3 aromatic rings. The van der Waals surface area contributed by atoms with Gasteiger partial charge in [0.15, 0.2) is 17.4 Å². The van der Waals surface area contributed by atoms with Crippen LogP contribution in [0.1, 0.15) is 5.56 Å². The van der Waals surface area contributed by atoms with Crippen LogP contribution in [0.15, 0.2) is 70.9 Å². The Kier molecular flexibility index (Phi) is 7.42. The Hall–Kier alpha value is -2.26. The van der Waals surface area contributed by atoms with Gasteiger partial charge in [0.2, 0.25) is 0 Å². The predicted molar refractivity (Wildman–Crippen MR) is 141 cm³/mol. The van der Waals surface area contributed by atoms with E-state index in [4.69, 9.17) is 58.6 Å². The highest BCUT2D eigenvalue weighted by Crippen LogP contribution is 2.38. The minimum atomic E-state index is -1.45. The molecule has 174 valence electrons. The summed E-state index contributed by atoms with van der Waals surface area (Å²) in [6.07, 6.45) is -1.45. The van der Waals surface area contributed by atoms with E-state index in [9.17, 15) is 9.90 Å². The predicted octanol–water partition coefficient (Wildman–Crippen LogP) is 7.22. The largest absolute Gasteiger partial charge is 0.370 e. The number of hydrogen-bond donors (Lipinski definition) is 1. The first-order chi connectivity index (χ1) is 16.2. The summed E-state index contributed by atoms with van der Waals surface area (Å²) in [5, 5.41) is 20.3. The summed E-state index contributed by atoms with van der Waals surface area (Å²) in [5.74, 6) is -0.632. The zero-order chi connectivity index (χ0) is 24.6. The Bertz CT molecular complexity index is 1300. The number of hydrogen-bond acceptors (Lipinski definition) is 5. The first kappa shape index (κ1) is 24.9. The molecular weight excluding hydrogens is 538 g/mol. The molecule has 2 atom stereocenters. The monoisotopic (exact) mass is 552 g/mol. The zero-order valence-corrected chi connectivity index (χ0v) is 21.3. The van der Waals surface area contributed by atoms with Crippen molar-refractivity contribution in [2.24, 2.45) is 10.2 Å². The van der Waals surface area contributed by atoms with Crippen molar-refractivity contribution in [3.63, 3.8) is 0 Å². The number of aliphatic hydroxyl groups is 1. The molecule has 34 heavy (non-hydrogen) atoms. The van der Waals surface area contributed by atoms with E-state index in [2.05, 4.69) is 10.2 Å². The number of nitrogens with zero attached hydrogens (tertiary/aromatic N) is 4. The number of thiocarbonyl (C=S) groups is 1. The SMILES string of the molecule is Cc1ccc(N2C(=S)N(c3cccc(Cl)c3Cl)C(=O)C(N=Nc3cccc(Cl)c3Cl)C2O)cc1. The molecule has 1 amide bonds. The standard InChI is InChI=1S/C23H16Cl4N4O2S/c1-12-8-10-13(11-9-12)30-21(32)20(29-28-16-6-2-4-14(24)18(16)26)22(33)31(23(30)34)17-7-3-5-15(25)19(17)27/h2-11,20-21,32H,1H3. The second-order valence-electron chi connectivity index (χ2n) is 7.38. The van der Waals surface area contributed by atoms with Gasteiger partial charge in [-0.25, -0.2) is 0 Å². The first-order valence-corrected chi connectivity index (χ1v) is 11.8. The van der Waals surface area contributed by atoms with Crippen molar-refractivity contribution in [2.75, 3.05) is 9.80 Å². The highest BCUT2D eigenvalue weighted by molar-refractivity contribution is 7.81. The lowest BCUT2D eigenvalue weighted by Crippen LogP contribution is -2.64. The summed E-state index contributed by atoms with van der Waals surface area (Å²) in [6.45, 7) is 1.93. The molecule has 2 unspecified atom stereocenters. The highest BCUT2D eigenvalue weighted by Gasteiger charge is 2.46. The zero-order valence-electron chi connectivity index (χ0n) is 17.5. The van der Waals surface area contributed by atoms with Gasteiger partial charge in [0, 0.05) is 5.69 Å². The van der Waals surface area contributed by atoms with Gasteiger partial charge in [0.05, 0.1) is 25.8 Å². The maximum Gasteiger partial charge on any atom is 0.264 e. The molecule has 0 spiro atoms. The first-order valence-electron chi connectivity index (χ1n) is 9.91. The second kappa shape index (κ2) is 10.2. The lowest BCUT2D eigenvalue weighted by Gasteiger charge is -2.42. The van der Waals surface area contributed by atoms with E-state index in [-0.39, 0.29) is 36.6 Å². The number of halogens is 4. The number of benzene rings is 3. The van der Waals surface area contributed by atoms with Crippen LogP contribution in [0.25, 0.3) is 0 Å². The van der Waals surface area contributed by atoms with Crippen molar-refractivity contribution in [1.29, 1.82) is 0 Å². The lowest BCUT2D eigenvalue weighted by atomic mass is 10.1. The smallest absolute Gasteiger partial charge is 0.264 e. The third-order valence-corrected chi connectivity index (χ3v) is 7.12. The fraction of sp³-hybridized carbons (Fsp3) is 0.130. The molecule has 3 aromatic carbocycles. The molecule has 0 bridgehead atoms. The molecule has 1 heterocycles. The van der Waals surface area contributed by atoms with E-state index < -0.39 is 18.2 Å². The Labute approximate surface area is 221 Å². The topological polar surface area (TPSA) is 68.5 Å². The Morgan fingerprint density at radius 3 is 2.21 bits per heavy atom. The van der Waals surface area contributed by atoms with Crippen molar-refractivity contribution in [3.8, 4) is 0 Å². The summed E-state index contributed by atoms with van der Waals surface area (Å²) >= 11 is 30.5. The number of aliphatic hydroxyl groups excluding tert-OH is 1. The molecule has 1 aliphatic rings. The minimum absolute atomic E-state index is 0.0118. The van der Waals surface area contributed by atoms with Crippen LogP contribution in [-0.4, -0.2) is 28.4 Å². The van der Waals surface area contributed by atoms with E-state index in [0.717, 1.165) is 5.56 Å². The molecule has 11 heteroatoms. The second-order valence-corrected chi connectivity index (χ2v) is 9.32. The van der Waals surface area contributed by atoms with Crippen LogP contribution in [0.5, 0.6) is 0 Å². The average molecular weight is 554 g/mol. The number of aryl methyl sites for hydroxylation is 1. The van der Waals surface area contributed by atoms with Crippen LogP contribution in [0.2, 0.25) is 20.1 Å². The van der Waals surface area contributed by atoms with Crippen molar-refractivity contribution in [2.45, 2.75) is 19.2 Å². The molecule has 0 aromatic heterocycles. The fourth-order valence-corrected chi connectivity index (χ4v) is 4.49. The number of anilines is 2. The minimum Gasteiger partial charge on any atom is -0.370 e. The molecule has 1 N–H and O–H groups in total. The van der Waals surface area contributed by atoms with Crippen molar-refractivity contribution >= 4 is 86.7 Å². The van der Waals surface area contributed by atoms with E-state index >= 15 is 0 Å². The highest BCUT2D eigenvalue weighted by atomic mass is 35.5. The van der Waals surface area contributed by atoms with Gasteiger partial charge in [-0.2, -0.15) is 10.2 Å². The Morgan fingerprint density at radius 1 is 0.912 bits per heavy atom. The quantitative estimate of drug-likeness (QED) is 0.273. The number of amides is 1. The molecule has 0 saturated carbocycles. The molecule has 1 fully saturated rings. The van der Waals surface area contributed by atoms with E-state index in [1.54, 1.807) is 48.5 Å². The molecule has 0 radical (unpaired) electrons. The van der Waals surface area contributed by atoms with E-state index in [1.165, 1.54) is 9.80 Å². The van der Waals surface area contributed by atoms with Gasteiger partial charge < -0.3 is 5.11 Å². The third kappa shape index (κ3) is 4.64. The van der Waals surface area contributed by atoms with Crippen LogP contribution in [-0.2, 0) is 4.79 Å². The van der Waals surface area contributed by atoms with Gasteiger partial charge in [0.1, 0.15) is 5.69 Å². The average Bonchev–Trinajstić information content (AvgIpc) is 2.80. The van der Waals surface area contributed by atoms with Crippen LogP contribution in [0.4, 0.5) is 17.1 Å². The normalized spacial score (nSPS) is 18.8.